The lowest BCUT2D eigenvalue weighted by molar-refractivity contribution is -0.116. The molecular formula is C31H25ClN4O2S2. The van der Waals surface area contributed by atoms with Crippen molar-refractivity contribution in [2.45, 2.75) is 28.5 Å². The fourth-order valence-electron chi connectivity index (χ4n) is 4.89. The van der Waals surface area contributed by atoms with Gasteiger partial charge in [0.15, 0.2) is 10.2 Å². The van der Waals surface area contributed by atoms with Crippen LogP contribution in [0.5, 0.6) is 0 Å². The van der Waals surface area contributed by atoms with E-state index in [9.17, 15) is 4.79 Å². The Hall–Kier alpha value is -3.85. The molecule has 40 heavy (non-hydrogen) atoms. The Morgan fingerprint density at radius 1 is 1.00 bits per heavy atom. The summed E-state index contributed by atoms with van der Waals surface area (Å²) in [5.74, 6) is 0.659. The normalized spacial score (nSPS) is 16.7. The number of rotatable bonds is 8. The Balaban J connectivity index is 1.22. The summed E-state index contributed by atoms with van der Waals surface area (Å²) in [5.41, 5.74) is 1.64. The van der Waals surface area contributed by atoms with E-state index in [0.29, 0.717) is 16.7 Å². The Morgan fingerprint density at radius 3 is 2.62 bits per heavy atom. The molecule has 2 aromatic heterocycles. The average Bonchev–Trinajstić information content (AvgIpc) is 3.57. The second-order valence-electron chi connectivity index (χ2n) is 9.36. The minimum Gasteiger partial charge on any atom is -0.452 e. The molecule has 0 spiro atoms. The van der Waals surface area contributed by atoms with Crippen molar-refractivity contribution in [3.63, 3.8) is 0 Å². The maximum atomic E-state index is 13.1. The van der Waals surface area contributed by atoms with Gasteiger partial charge in [-0.15, -0.1) is 0 Å². The molecule has 2 N–H and O–H groups in total. The smallest absolute Gasteiger partial charge is 0.226 e. The molecule has 0 radical (unpaired) electrons. The lowest BCUT2D eigenvalue weighted by Gasteiger charge is -2.25. The molecule has 2 atom stereocenters. The first-order valence-corrected chi connectivity index (χ1v) is 14.4. The summed E-state index contributed by atoms with van der Waals surface area (Å²) in [4.78, 5) is 20.7. The summed E-state index contributed by atoms with van der Waals surface area (Å²) in [6.07, 6.45) is 2.02. The van der Waals surface area contributed by atoms with Gasteiger partial charge in [0.2, 0.25) is 5.91 Å². The predicted molar refractivity (Wildman–Crippen MR) is 164 cm³/mol. The van der Waals surface area contributed by atoms with Crippen molar-refractivity contribution in [2.75, 3.05) is 11.9 Å². The molecule has 1 fully saturated rings. The quantitative estimate of drug-likeness (QED) is 0.182. The number of anilines is 1. The highest BCUT2D eigenvalue weighted by molar-refractivity contribution is 7.99. The largest absolute Gasteiger partial charge is 0.452 e. The van der Waals surface area contributed by atoms with Crippen LogP contribution in [0.4, 0.5) is 5.69 Å². The van der Waals surface area contributed by atoms with E-state index >= 15 is 0 Å². The molecule has 3 aromatic carbocycles. The first-order valence-electron chi connectivity index (χ1n) is 12.8. The van der Waals surface area contributed by atoms with E-state index in [2.05, 4.69) is 15.6 Å². The Morgan fingerprint density at radius 2 is 1.80 bits per heavy atom. The summed E-state index contributed by atoms with van der Waals surface area (Å²) in [6.45, 7) is 0.413. The molecule has 0 unspecified atom stereocenters. The molecule has 6 rings (SSSR count). The maximum Gasteiger partial charge on any atom is 0.226 e. The van der Waals surface area contributed by atoms with Crippen LogP contribution in [0.2, 0.25) is 5.02 Å². The molecule has 1 saturated heterocycles. The van der Waals surface area contributed by atoms with Gasteiger partial charge in [-0.2, -0.15) is 0 Å². The van der Waals surface area contributed by atoms with Crippen LogP contribution in [0.3, 0.4) is 0 Å². The molecule has 0 bridgehead atoms. The fourth-order valence-corrected chi connectivity index (χ4v) is 6.13. The highest BCUT2D eigenvalue weighted by Crippen LogP contribution is 2.41. The Labute approximate surface area is 246 Å². The number of nitrogens with one attached hydrogen (secondary N) is 2. The van der Waals surface area contributed by atoms with E-state index in [1.165, 1.54) is 11.8 Å². The molecule has 1 aliphatic heterocycles. The van der Waals surface area contributed by atoms with Crippen LogP contribution < -0.4 is 10.6 Å². The summed E-state index contributed by atoms with van der Waals surface area (Å²) in [7, 11) is 0. The van der Waals surface area contributed by atoms with Gasteiger partial charge in [0.1, 0.15) is 11.8 Å². The SMILES string of the molecule is O=C(CCN1C(=S)N[C@@H](c2ccccn2)[C@@H]1c1ccc(Sc2ccc(Cl)cc2)o1)Nc1cccc2ccccc12. The van der Waals surface area contributed by atoms with Gasteiger partial charge in [0.05, 0.1) is 11.7 Å². The van der Waals surface area contributed by atoms with Crippen LogP contribution >= 0.6 is 35.6 Å². The highest BCUT2D eigenvalue weighted by Gasteiger charge is 2.41. The van der Waals surface area contributed by atoms with Gasteiger partial charge in [-0.1, -0.05) is 65.8 Å². The molecular weight excluding hydrogens is 560 g/mol. The molecule has 0 aliphatic carbocycles. The minimum absolute atomic E-state index is 0.0855. The molecule has 6 nitrogen and oxygen atoms in total. The third kappa shape index (κ3) is 5.70. The number of carbonyl (C=O) groups is 1. The van der Waals surface area contributed by atoms with E-state index in [0.717, 1.165) is 37.9 Å². The number of thiocarbonyl (C=S) groups is 1. The number of hydrogen-bond acceptors (Lipinski definition) is 5. The van der Waals surface area contributed by atoms with Gasteiger partial charge < -0.3 is 20.0 Å². The standard InChI is InChI=1S/C31H25ClN4O2S2/c32-21-11-13-22(14-12-21)40-28-16-15-26(38-28)30-29(25-9-3-4-18-33-25)35-31(39)36(30)19-17-27(37)34-24-10-5-7-20-6-1-2-8-23(20)24/h1-16,18,29-30H,17,19H2,(H,34,37)(H,35,39)/t29-,30-/m0/s1. The average molecular weight is 585 g/mol. The maximum absolute atomic E-state index is 13.1. The number of aromatic nitrogens is 1. The van der Waals surface area contributed by atoms with Crippen LogP contribution in [0.15, 0.2) is 118 Å². The number of benzene rings is 3. The van der Waals surface area contributed by atoms with Crippen molar-refractivity contribution >= 4 is 63.1 Å². The number of halogens is 1. The van der Waals surface area contributed by atoms with E-state index in [1.54, 1.807) is 6.20 Å². The van der Waals surface area contributed by atoms with Gasteiger partial charge in [0, 0.05) is 40.2 Å². The van der Waals surface area contributed by atoms with Gasteiger partial charge in [-0.05, 0) is 72.2 Å². The first kappa shape index (κ1) is 26.4. The van der Waals surface area contributed by atoms with Gasteiger partial charge >= 0.3 is 0 Å². The third-order valence-corrected chi connectivity index (χ3v) is 8.30. The van der Waals surface area contributed by atoms with Crippen molar-refractivity contribution in [1.29, 1.82) is 0 Å². The number of nitrogens with zero attached hydrogens (tertiary/aromatic N) is 2. The van der Waals surface area contributed by atoms with Crippen molar-refractivity contribution in [3.8, 4) is 0 Å². The van der Waals surface area contributed by atoms with Crippen LogP contribution in [0.25, 0.3) is 10.8 Å². The third-order valence-electron chi connectivity index (χ3n) is 6.77. The zero-order valence-corrected chi connectivity index (χ0v) is 23.7. The molecule has 1 amide bonds. The second-order valence-corrected chi connectivity index (χ2v) is 11.3. The van der Waals surface area contributed by atoms with Gasteiger partial charge in [-0.3, -0.25) is 9.78 Å². The lowest BCUT2D eigenvalue weighted by atomic mass is 10.0. The summed E-state index contributed by atoms with van der Waals surface area (Å²) >= 11 is 13.3. The van der Waals surface area contributed by atoms with E-state index in [1.807, 2.05) is 102 Å². The lowest BCUT2D eigenvalue weighted by Crippen LogP contribution is -2.32. The van der Waals surface area contributed by atoms with Crippen LogP contribution in [0.1, 0.15) is 30.0 Å². The van der Waals surface area contributed by atoms with Crippen LogP contribution in [-0.4, -0.2) is 27.4 Å². The van der Waals surface area contributed by atoms with Crippen LogP contribution in [0, 0.1) is 0 Å². The van der Waals surface area contributed by atoms with E-state index in [-0.39, 0.29) is 24.4 Å². The molecule has 9 heteroatoms. The second kappa shape index (κ2) is 11.7. The zero-order valence-electron chi connectivity index (χ0n) is 21.3. The van der Waals surface area contributed by atoms with E-state index in [4.69, 9.17) is 28.2 Å². The Kier molecular flexibility index (Phi) is 7.73. The van der Waals surface area contributed by atoms with Crippen molar-refractivity contribution in [1.82, 2.24) is 15.2 Å². The van der Waals surface area contributed by atoms with Crippen molar-refractivity contribution < 1.29 is 9.21 Å². The number of pyridine rings is 1. The van der Waals surface area contributed by atoms with Gasteiger partial charge in [-0.25, -0.2) is 0 Å². The molecule has 1 aliphatic rings. The zero-order chi connectivity index (χ0) is 27.5. The first-order chi connectivity index (χ1) is 19.5. The highest BCUT2D eigenvalue weighted by atomic mass is 35.5. The number of amides is 1. The van der Waals surface area contributed by atoms with E-state index < -0.39 is 0 Å². The van der Waals surface area contributed by atoms with Crippen molar-refractivity contribution in [2.24, 2.45) is 0 Å². The summed E-state index contributed by atoms with van der Waals surface area (Å²) in [5, 5.41) is 10.6. The Bertz CT molecular complexity index is 1650. The topological polar surface area (TPSA) is 70.4 Å². The minimum atomic E-state index is -0.271. The van der Waals surface area contributed by atoms with Gasteiger partial charge in [0.25, 0.3) is 0 Å². The summed E-state index contributed by atoms with van der Waals surface area (Å²) < 4.78 is 6.34. The number of furan rings is 1. The number of fused-ring (bicyclic) bond motifs is 1. The monoisotopic (exact) mass is 584 g/mol. The molecule has 0 saturated carbocycles. The molecule has 200 valence electrons. The summed E-state index contributed by atoms with van der Waals surface area (Å²) in [6, 6.07) is 30.8. The predicted octanol–water partition coefficient (Wildman–Crippen LogP) is 7.63. The molecule has 5 aromatic rings. The fraction of sp³-hybridized carbons (Fsp3) is 0.129. The van der Waals surface area contributed by atoms with Crippen LogP contribution in [-0.2, 0) is 4.79 Å². The molecule has 3 heterocycles. The number of carbonyl (C=O) groups excluding carboxylic acids is 1. The number of hydrogen-bond donors (Lipinski definition) is 2. The van der Waals surface area contributed by atoms with Crippen molar-refractivity contribution in [3.05, 3.63) is 120 Å².